The van der Waals surface area contributed by atoms with Crippen LogP contribution in [0.15, 0.2) is 24.3 Å². The number of hydrogen-bond donors (Lipinski definition) is 1. The standard InChI is InChI=1S/C14H18N4O2/c1-10-15-11(2)18(17-10)9-8-14(19)16-12-4-6-13(20-3)7-5-12/h4-7H,8-9H2,1-3H3,(H,16,19). The van der Waals surface area contributed by atoms with Crippen molar-refractivity contribution in [1.29, 1.82) is 0 Å². The predicted octanol–water partition coefficient (Wildman–Crippen LogP) is 1.93. The van der Waals surface area contributed by atoms with E-state index in [-0.39, 0.29) is 5.91 Å². The average Bonchev–Trinajstić information content (AvgIpc) is 2.75. The summed E-state index contributed by atoms with van der Waals surface area (Å²) < 4.78 is 6.80. The lowest BCUT2D eigenvalue weighted by Gasteiger charge is -2.07. The van der Waals surface area contributed by atoms with Gasteiger partial charge in [-0.15, -0.1) is 0 Å². The summed E-state index contributed by atoms with van der Waals surface area (Å²) in [5.41, 5.74) is 0.752. The number of hydrogen-bond acceptors (Lipinski definition) is 4. The number of amides is 1. The van der Waals surface area contributed by atoms with E-state index >= 15 is 0 Å². The molecule has 0 radical (unpaired) electrons. The van der Waals surface area contributed by atoms with Gasteiger partial charge < -0.3 is 10.1 Å². The highest BCUT2D eigenvalue weighted by Crippen LogP contribution is 2.15. The van der Waals surface area contributed by atoms with Crippen LogP contribution in [0.3, 0.4) is 0 Å². The zero-order valence-electron chi connectivity index (χ0n) is 11.9. The van der Waals surface area contributed by atoms with Crippen LogP contribution >= 0.6 is 0 Å². The molecule has 1 aromatic heterocycles. The smallest absolute Gasteiger partial charge is 0.226 e. The molecular weight excluding hydrogens is 256 g/mol. The second kappa shape index (κ2) is 6.18. The van der Waals surface area contributed by atoms with E-state index in [9.17, 15) is 4.79 Å². The number of carbonyl (C=O) groups excluding carboxylic acids is 1. The van der Waals surface area contributed by atoms with Gasteiger partial charge in [0.25, 0.3) is 0 Å². The number of rotatable bonds is 5. The monoisotopic (exact) mass is 274 g/mol. The van der Waals surface area contributed by atoms with E-state index in [0.29, 0.717) is 13.0 Å². The van der Waals surface area contributed by atoms with E-state index in [2.05, 4.69) is 15.4 Å². The number of carbonyl (C=O) groups is 1. The Morgan fingerprint density at radius 2 is 2.00 bits per heavy atom. The zero-order chi connectivity index (χ0) is 14.5. The minimum absolute atomic E-state index is 0.0530. The Morgan fingerprint density at radius 3 is 2.55 bits per heavy atom. The van der Waals surface area contributed by atoms with E-state index in [1.165, 1.54) is 0 Å². The van der Waals surface area contributed by atoms with Gasteiger partial charge in [-0.05, 0) is 38.1 Å². The number of nitrogens with one attached hydrogen (secondary N) is 1. The SMILES string of the molecule is COc1ccc(NC(=O)CCn2nc(C)nc2C)cc1. The molecule has 1 N–H and O–H groups in total. The van der Waals surface area contributed by atoms with Gasteiger partial charge in [-0.3, -0.25) is 4.79 Å². The molecule has 20 heavy (non-hydrogen) atoms. The van der Waals surface area contributed by atoms with Gasteiger partial charge in [0.05, 0.1) is 13.7 Å². The molecule has 0 aliphatic carbocycles. The largest absolute Gasteiger partial charge is 0.497 e. The molecule has 0 saturated carbocycles. The Balaban J connectivity index is 1.87. The maximum Gasteiger partial charge on any atom is 0.226 e. The van der Waals surface area contributed by atoms with Crippen molar-refractivity contribution in [3.8, 4) is 5.75 Å². The van der Waals surface area contributed by atoms with Crippen molar-refractivity contribution in [3.63, 3.8) is 0 Å². The normalized spacial score (nSPS) is 10.3. The third-order valence-corrected chi connectivity index (χ3v) is 2.89. The van der Waals surface area contributed by atoms with Crippen LogP contribution in [-0.4, -0.2) is 27.8 Å². The lowest BCUT2D eigenvalue weighted by Crippen LogP contribution is -2.15. The van der Waals surface area contributed by atoms with Crippen molar-refractivity contribution in [2.75, 3.05) is 12.4 Å². The Morgan fingerprint density at radius 1 is 1.30 bits per heavy atom. The summed E-state index contributed by atoms with van der Waals surface area (Å²) >= 11 is 0. The molecule has 1 heterocycles. The molecule has 106 valence electrons. The topological polar surface area (TPSA) is 69.0 Å². The van der Waals surface area contributed by atoms with Gasteiger partial charge in [-0.25, -0.2) is 9.67 Å². The number of benzene rings is 1. The van der Waals surface area contributed by atoms with E-state index in [0.717, 1.165) is 23.1 Å². The first-order valence-corrected chi connectivity index (χ1v) is 6.40. The quantitative estimate of drug-likeness (QED) is 0.904. The van der Waals surface area contributed by atoms with Gasteiger partial charge in [0, 0.05) is 12.1 Å². The second-order valence-electron chi connectivity index (χ2n) is 4.46. The van der Waals surface area contributed by atoms with E-state index in [4.69, 9.17) is 4.74 Å². The number of ether oxygens (including phenoxy) is 1. The molecule has 2 aromatic rings. The van der Waals surface area contributed by atoms with Crippen molar-refractivity contribution >= 4 is 11.6 Å². The fraction of sp³-hybridized carbons (Fsp3) is 0.357. The third kappa shape index (κ3) is 3.57. The summed E-state index contributed by atoms with van der Waals surface area (Å²) in [6, 6.07) is 7.23. The number of nitrogens with zero attached hydrogens (tertiary/aromatic N) is 3. The maximum absolute atomic E-state index is 11.9. The molecular formula is C14H18N4O2. The number of methoxy groups -OCH3 is 1. The summed E-state index contributed by atoms with van der Waals surface area (Å²) in [7, 11) is 1.61. The highest BCUT2D eigenvalue weighted by Gasteiger charge is 2.06. The first-order chi connectivity index (χ1) is 9.58. The van der Waals surface area contributed by atoms with Gasteiger partial charge in [-0.2, -0.15) is 5.10 Å². The molecule has 2 rings (SSSR count). The summed E-state index contributed by atoms with van der Waals surface area (Å²) in [6.07, 6.45) is 0.357. The van der Waals surface area contributed by atoms with Crippen LogP contribution in [0.2, 0.25) is 0 Å². The second-order valence-corrected chi connectivity index (χ2v) is 4.46. The van der Waals surface area contributed by atoms with Crippen molar-refractivity contribution in [1.82, 2.24) is 14.8 Å². The summed E-state index contributed by atoms with van der Waals surface area (Å²) in [4.78, 5) is 16.1. The first-order valence-electron chi connectivity index (χ1n) is 6.40. The molecule has 0 aliphatic heterocycles. The molecule has 0 unspecified atom stereocenters. The summed E-state index contributed by atoms with van der Waals surface area (Å²) in [6.45, 7) is 4.23. The van der Waals surface area contributed by atoms with Gasteiger partial charge >= 0.3 is 0 Å². The van der Waals surface area contributed by atoms with Crippen LogP contribution in [0.1, 0.15) is 18.1 Å². The summed E-state index contributed by atoms with van der Waals surface area (Å²) in [5, 5.41) is 7.05. The minimum Gasteiger partial charge on any atom is -0.497 e. The van der Waals surface area contributed by atoms with Crippen molar-refractivity contribution in [2.24, 2.45) is 0 Å². The highest BCUT2D eigenvalue weighted by atomic mass is 16.5. The zero-order valence-corrected chi connectivity index (χ0v) is 11.9. The Labute approximate surface area is 117 Å². The molecule has 6 nitrogen and oxygen atoms in total. The first kappa shape index (κ1) is 14.0. The van der Waals surface area contributed by atoms with Crippen LogP contribution in [0, 0.1) is 13.8 Å². The number of aromatic nitrogens is 3. The fourth-order valence-corrected chi connectivity index (χ4v) is 1.88. The van der Waals surface area contributed by atoms with E-state index in [1.807, 2.05) is 26.0 Å². The van der Waals surface area contributed by atoms with Gasteiger partial charge in [0.1, 0.15) is 17.4 Å². The minimum atomic E-state index is -0.0530. The Bertz CT molecular complexity index is 590. The Hall–Kier alpha value is -2.37. The molecule has 0 saturated heterocycles. The fourth-order valence-electron chi connectivity index (χ4n) is 1.88. The van der Waals surface area contributed by atoms with Gasteiger partial charge in [-0.1, -0.05) is 0 Å². The lowest BCUT2D eigenvalue weighted by atomic mass is 10.3. The summed E-state index contributed by atoms with van der Waals surface area (Å²) in [5.74, 6) is 2.25. The predicted molar refractivity (Wildman–Crippen MR) is 75.7 cm³/mol. The molecule has 0 spiro atoms. The molecule has 6 heteroatoms. The highest BCUT2D eigenvalue weighted by molar-refractivity contribution is 5.90. The van der Waals surface area contributed by atoms with Gasteiger partial charge in [0.15, 0.2) is 0 Å². The van der Waals surface area contributed by atoms with Crippen molar-refractivity contribution in [3.05, 3.63) is 35.9 Å². The third-order valence-electron chi connectivity index (χ3n) is 2.89. The van der Waals surface area contributed by atoms with E-state index < -0.39 is 0 Å². The van der Waals surface area contributed by atoms with Crippen LogP contribution in [0.4, 0.5) is 5.69 Å². The lowest BCUT2D eigenvalue weighted by molar-refractivity contribution is -0.116. The van der Waals surface area contributed by atoms with E-state index in [1.54, 1.807) is 23.9 Å². The van der Waals surface area contributed by atoms with Crippen LogP contribution in [0.5, 0.6) is 5.75 Å². The molecule has 0 bridgehead atoms. The molecule has 0 fully saturated rings. The molecule has 1 amide bonds. The molecule has 1 aromatic carbocycles. The van der Waals surface area contributed by atoms with Gasteiger partial charge in [0.2, 0.25) is 5.91 Å². The maximum atomic E-state index is 11.9. The Kier molecular flexibility index (Phi) is 4.34. The average molecular weight is 274 g/mol. The van der Waals surface area contributed by atoms with Crippen molar-refractivity contribution < 1.29 is 9.53 Å². The van der Waals surface area contributed by atoms with Crippen molar-refractivity contribution in [2.45, 2.75) is 26.8 Å². The molecule has 0 atom stereocenters. The molecule has 0 aliphatic rings. The number of anilines is 1. The number of aryl methyl sites for hydroxylation is 3. The van der Waals surface area contributed by atoms with Crippen LogP contribution < -0.4 is 10.1 Å². The van der Waals surface area contributed by atoms with Crippen LogP contribution in [-0.2, 0) is 11.3 Å². The van der Waals surface area contributed by atoms with Crippen LogP contribution in [0.25, 0.3) is 0 Å².